The van der Waals surface area contributed by atoms with Crippen molar-refractivity contribution in [1.82, 2.24) is 25.8 Å². The highest BCUT2D eigenvalue weighted by molar-refractivity contribution is 5.97. The van der Waals surface area contributed by atoms with Gasteiger partial charge in [0.05, 0.1) is 43.6 Å². The lowest BCUT2D eigenvalue weighted by Gasteiger charge is -2.34. The van der Waals surface area contributed by atoms with Crippen LogP contribution in [0.15, 0.2) is 36.7 Å². The normalized spacial score (nSPS) is 21.9. The van der Waals surface area contributed by atoms with Crippen molar-refractivity contribution < 1.29 is 9.47 Å². The Labute approximate surface area is 175 Å². The Morgan fingerprint density at radius 3 is 2.90 bits per heavy atom. The topological polar surface area (TPSA) is 84.4 Å². The quantitative estimate of drug-likeness (QED) is 0.684. The minimum absolute atomic E-state index is 0.139. The van der Waals surface area contributed by atoms with Gasteiger partial charge in [-0.15, -0.1) is 0 Å². The predicted molar refractivity (Wildman–Crippen MR) is 115 cm³/mol. The summed E-state index contributed by atoms with van der Waals surface area (Å²) in [6, 6.07) is 8.54. The van der Waals surface area contributed by atoms with E-state index in [0.29, 0.717) is 19.1 Å². The number of hydrazine groups is 1. The summed E-state index contributed by atoms with van der Waals surface area (Å²) in [5.74, 6) is 1.55. The lowest BCUT2D eigenvalue weighted by molar-refractivity contribution is 0.0986. The molecule has 0 bridgehead atoms. The first-order valence-electron chi connectivity index (χ1n) is 10.4. The summed E-state index contributed by atoms with van der Waals surface area (Å²) in [4.78, 5) is 16.6. The Bertz CT molecular complexity index is 1040. The molecule has 0 saturated carbocycles. The summed E-state index contributed by atoms with van der Waals surface area (Å²) in [6.45, 7) is 5.31. The summed E-state index contributed by atoms with van der Waals surface area (Å²) in [7, 11) is 1.63. The van der Waals surface area contributed by atoms with E-state index < -0.39 is 0 Å². The molecule has 2 fully saturated rings. The Morgan fingerprint density at radius 1 is 1.23 bits per heavy atom. The number of fused-ring (bicyclic) bond motifs is 1. The average molecular weight is 406 g/mol. The first-order chi connectivity index (χ1) is 14.7. The molecular formula is C22H26N6O2. The van der Waals surface area contributed by atoms with Gasteiger partial charge in [-0.1, -0.05) is 0 Å². The molecule has 3 aromatic heterocycles. The van der Waals surface area contributed by atoms with E-state index in [9.17, 15) is 0 Å². The van der Waals surface area contributed by atoms with Crippen LogP contribution in [0.25, 0.3) is 22.0 Å². The van der Waals surface area contributed by atoms with E-state index in [0.717, 1.165) is 53.1 Å². The van der Waals surface area contributed by atoms with Crippen molar-refractivity contribution in [1.29, 1.82) is 0 Å². The second-order valence-electron chi connectivity index (χ2n) is 7.74. The fourth-order valence-electron chi connectivity index (χ4n) is 4.22. The van der Waals surface area contributed by atoms with Crippen molar-refractivity contribution in [2.45, 2.75) is 25.4 Å². The van der Waals surface area contributed by atoms with E-state index in [1.54, 1.807) is 7.11 Å². The summed E-state index contributed by atoms with van der Waals surface area (Å²) in [6.07, 6.45) is 4.71. The van der Waals surface area contributed by atoms with Crippen molar-refractivity contribution in [2.24, 2.45) is 0 Å². The SMILES string of the molecule is COc1ccc(-c2cc(N3CCOC[C@H]3C)nc3c(C4CCNN4)nccc23)cn1. The number of morpholine rings is 1. The number of anilines is 1. The number of hydrogen-bond donors (Lipinski definition) is 2. The molecule has 2 saturated heterocycles. The zero-order valence-electron chi connectivity index (χ0n) is 17.3. The predicted octanol–water partition coefficient (Wildman–Crippen LogP) is 2.46. The number of ether oxygens (including phenoxy) is 2. The van der Waals surface area contributed by atoms with Crippen LogP contribution in [0, 0.1) is 0 Å². The first-order valence-corrected chi connectivity index (χ1v) is 10.4. The number of pyridine rings is 3. The Morgan fingerprint density at radius 2 is 2.17 bits per heavy atom. The molecule has 1 unspecified atom stereocenters. The fourth-order valence-corrected chi connectivity index (χ4v) is 4.22. The maximum atomic E-state index is 5.64. The maximum absolute atomic E-state index is 5.64. The van der Waals surface area contributed by atoms with E-state index in [-0.39, 0.29) is 12.1 Å². The number of nitrogens with zero attached hydrogens (tertiary/aromatic N) is 4. The Hall–Kier alpha value is -2.81. The molecule has 2 aliphatic rings. The van der Waals surface area contributed by atoms with Crippen LogP contribution >= 0.6 is 0 Å². The molecule has 2 atom stereocenters. The highest BCUT2D eigenvalue weighted by Gasteiger charge is 2.25. The molecule has 8 heteroatoms. The molecule has 3 aromatic rings. The Kier molecular flexibility index (Phi) is 5.20. The minimum Gasteiger partial charge on any atom is -0.481 e. The van der Waals surface area contributed by atoms with E-state index >= 15 is 0 Å². The van der Waals surface area contributed by atoms with Gasteiger partial charge in [0, 0.05) is 42.5 Å². The van der Waals surface area contributed by atoms with Crippen LogP contribution in [0.4, 0.5) is 5.82 Å². The second kappa shape index (κ2) is 8.14. The van der Waals surface area contributed by atoms with Crippen molar-refractivity contribution in [3.63, 3.8) is 0 Å². The van der Waals surface area contributed by atoms with Gasteiger partial charge in [0.15, 0.2) is 0 Å². The standard InChI is InChI=1S/C22H26N6O2/c1-14-13-30-10-9-28(14)19-11-17(15-3-4-20(29-2)24-12-15)16-5-7-23-22(21(16)26-19)18-6-8-25-27-18/h3-5,7,11-12,14,18,25,27H,6,8-10,13H2,1-2H3/t14-,18?/m1/s1. The minimum atomic E-state index is 0.139. The lowest BCUT2D eigenvalue weighted by atomic mass is 10.00. The number of hydrogen-bond acceptors (Lipinski definition) is 8. The number of nitrogens with one attached hydrogen (secondary N) is 2. The van der Waals surface area contributed by atoms with Crippen LogP contribution in [0.2, 0.25) is 0 Å². The maximum Gasteiger partial charge on any atom is 0.212 e. The largest absolute Gasteiger partial charge is 0.481 e. The number of aromatic nitrogens is 3. The monoisotopic (exact) mass is 406 g/mol. The van der Waals surface area contributed by atoms with E-state index in [1.165, 1.54) is 0 Å². The van der Waals surface area contributed by atoms with Gasteiger partial charge >= 0.3 is 0 Å². The van der Waals surface area contributed by atoms with Crippen molar-refractivity contribution >= 4 is 16.7 Å². The third-order valence-corrected chi connectivity index (χ3v) is 5.83. The molecule has 5 heterocycles. The smallest absolute Gasteiger partial charge is 0.212 e. The molecule has 156 valence electrons. The molecule has 2 aliphatic heterocycles. The highest BCUT2D eigenvalue weighted by Crippen LogP contribution is 2.35. The lowest BCUT2D eigenvalue weighted by Crippen LogP contribution is -2.44. The number of methoxy groups -OCH3 is 1. The Balaban J connectivity index is 1.70. The summed E-state index contributed by atoms with van der Waals surface area (Å²) >= 11 is 0. The molecule has 0 radical (unpaired) electrons. The van der Waals surface area contributed by atoms with Crippen molar-refractivity contribution in [2.75, 3.05) is 38.3 Å². The van der Waals surface area contributed by atoms with E-state index in [4.69, 9.17) is 19.4 Å². The molecule has 0 spiro atoms. The molecule has 0 aliphatic carbocycles. The summed E-state index contributed by atoms with van der Waals surface area (Å²) < 4.78 is 10.9. The highest BCUT2D eigenvalue weighted by atomic mass is 16.5. The van der Waals surface area contributed by atoms with Crippen LogP contribution in [-0.2, 0) is 4.74 Å². The molecule has 2 N–H and O–H groups in total. The molecular weight excluding hydrogens is 380 g/mol. The summed E-state index contributed by atoms with van der Waals surface area (Å²) in [5.41, 5.74) is 10.6. The molecule has 0 amide bonds. The van der Waals surface area contributed by atoms with Gasteiger partial charge in [-0.3, -0.25) is 10.4 Å². The van der Waals surface area contributed by atoms with Crippen molar-refractivity contribution in [3.05, 3.63) is 42.4 Å². The first kappa shape index (κ1) is 19.2. The third-order valence-electron chi connectivity index (χ3n) is 5.83. The fraction of sp³-hybridized carbons (Fsp3) is 0.409. The zero-order valence-corrected chi connectivity index (χ0v) is 17.3. The van der Waals surface area contributed by atoms with Crippen LogP contribution < -0.4 is 20.5 Å². The number of rotatable bonds is 4. The van der Waals surface area contributed by atoms with Crippen LogP contribution in [0.5, 0.6) is 5.88 Å². The average Bonchev–Trinajstić information content (AvgIpc) is 3.33. The van der Waals surface area contributed by atoms with Crippen LogP contribution in [0.1, 0.15) is 25.1 Å². The van der Waals surface area contributed by atoms with Gasteiger partial charge in [0.25, 0.3) is 0 Å². The van der Waals surface area contributed by atoms with Gasteiger partial charge in [-0.25, -0.2) is 15.4 Å². The van der Waals surface area contributed by atoms with Gasteiger partial charge < -0.3 is 14.4 Å². The third kappa shape index (κ3) is 3.47. The van der Waals surface area contributed by atoms with Crippen LogP contribution in [-0.4, -0.2) is 54.4 Å². The summed E-state index contributed by atoms with van der Waals surface area (Å²) in [5, 5.41) is 1.07. The zero-order chi connectivity index (χ0) is 20.5. The van der Waals surface area contributed by atoms with Gasteiger partial charge in [0.2, 0.25) is 5.88 Å². The molecule has 5 rings (SSSR count). The second-order valence-corrected chi connectivity index (χ2v) is 7.74. The van der Waals surface area contributed by atoms with Crippen LogP contribution in [0.3, 0.4) is 0 Å². The molecule has 0 aromatic carbocycles. The molecule has 30 heavy (non-hydrogen) atoms. The van der Waals surface area contributed by atoms with Gasteiger partial charge in [-0.2, -0.15) is 0 Å². The van der Waals surface area contributed by atoms with Crippen molar-refractivity contribution in [3.8, 4) is 17.0 Å². The molecule has 8 nitrogen and oxygen atoms in total. The van der Waals surface area contributed by atoms with Gasteiger partial charge in [-0.05, 0) is 37.1 Å². The van der Waals surface area contributed by atoms with E-state index in [2.05, 4.69) is 33.7 Å². The van der Waals surface area contributed by atoms with E-state index in [1.807, 2.05) is 30.6 Å². The van der Waals surface area contributed by atoms with Gasteiger partial charge in [0.1, 0.15) is 5.82 Å².